The Bertz CT molecular complexity index is 639. The van der Waals surface area contributed by atoms with E-state index in [0.717, 1.165) is 11.6 Å². The molecule has 0 aliphatic heterocycles. The lowest BCUT2D eigenvalue weighted by atomic mass is 10.0. The summed E-state index contributed by atoms with van der Waals surface area (Å²) in [6.45, 7) is 1.79. The van der Waals surface area contributed by atoms with Crippen molar-refractivity contribution in [3.63, 3.8) is 0 Å². The molecule has 0 aliphatic carbocycles. The minimum atomic E-state index is -4.50. The van der Waals surface area contributed by atoms with Crippen LogP contribution in [0.4, 0.5) is 13.2 Å². The Balaban J connectivity index is 2.57. The largest absolute Gasteiger partial charge is 0.507 e. The first kappa shape index (κ1) is 14.2. The number of pyridine rings is 1. The number of hydrogen-bond acceptors (Lipinski definition) is 3. The van der Waals surface area contributed by atoms with Crippen LogP contribution in [-0.4, -0.2) is 17.2 Å². The lowest BCUT2D eigenvalue weighted by Gasteiger charge is -2.12. The molecule has 0 unspecified atom stereocenters. The van der Waals surface area contributed by atoms with Crippen LogP contribution in [-0.2, 0) is 6.18 Å². The number of alkyl halides is 3. The number of phenolic OH excluding ortho intramolecular Hbond substituents is 1. The van der Waals surface area contributed by atoms with Crippen molar-refractivity contribution < 1.29 is 23.0 Å². The predicted octanol–water partition coefficient (Wildman–Crippen LogP) is 3.79. The summed E-state index contributed by atoms with van der Waals surface area (Å²) in [6, 6.07) is 4.50. The molecular weight excluding hydrogens is 271 g/mol. The maximum Gasteiger partial charge on any atom is 0.416 e. The van der Waals surface area contributed by atoms with Gasteiger partial charge in [-0.3, -0.25) is 0 Å². The predicted molar refractivity (Wildman–Crippen MR) is 67.6 cm³/mol. The van der Waals surface area contributed by atoms with Gasteiger partial charge in [-0.15, -0.1) is 0 Å². The van der Waals surface area contributed by atoms with Crippen LogP contribution in [0.2, 0.25) is 0 Å². The number of benzene rings is 1. The van der Waals surface area contributed by atoms with Gasteiger partial charge in [-0.2, -0.15) is 13.2 Å². The smallest absolute Gasteiger partial charge is 0.416 e. The van der Waals surface area contributed by atoms with E-state index in [1.807, 2.05) is 0 Å². The van der Waals surface area contributed by atoms with E-state index in [4.69, 9.17) is 4.74 Å². The Kier molecular flexibility index (Phi) is 3.57. The van der Waals surface area contributed by atoms with Crippen LogP contribution in [0.25, 0.3) is 11.1 Å². The van der Waals surface area contributed by atoms with Gasteiger partial charge >= 0.3 is 6.18 Å². The summed E-state index contributed by atoms with van der Waals surface area (Å²) in [5.74, 6) is -0.226. The van der Waals surface area contributed by atoms with Crippen molar-refractivity contribution in [1.29, 1.82) is 0 Å². The summed E-state index contributed by atoms with van der Waals surface area (Å²) in [4.78, 5) is 4.03. The molecule has 0 saturated carbocycles. The highest BCUT2D eigenvalue weighted by atomic mass is 19.4. The third-order valence-corrected chi connectivity index (χ3v) is 2.80. The van der Waals surface area contributed by atoms with Crippen molar-refractivity contribution in [2.24, 2.45) is 0 Å². The van der Waals surface area contributed by atoms with Crippen LogP contribution in [0.5, 0.6) is 11.6 Å². The third kappa shape index (κ3) is 2.68. The molecule has 0 aliphatic rings. The van der Waals surface area contributed by atoms with Crippen LogP contribution >= 0.6 is 0 Å². The highest BCUT2D eigenvalue weighted by Crippen LogP contribution is 2.39. The van der Waals surface area contributed by atoms with E-state index in [1.54, 1.807) is 19.2 Å². The summed E-state index contributed by atoms with van der Waals surface area (Å²) < 4.78 is 42.8. The van der Waals surface area contributed by atoms with Crippen molar-refractivity contribution >= 4 is 0 Å². The standard InChI is InChI=1S/C14H12F3NO2/c1-8-5-11(13(20-2)18-7-8)10-4-3-9(6-12(10)19)14(15,16)17/h3-7,19H,1-2H3. The minimum absolute atomic E-state index is 0.241. The second kappa shape index (κ2) is 5.03. The van der Waals surface area contributed by atoms with Gasteiger partial charge in [0.2, 0.25) is 5.88 Å². The van der Waals surface area contributed by atoms with E-state index in [0.29, 0.717) is 11.6 Å². The van der Waals surface area contributed by atoms with E-state index < -0.39 is 17.5 Å². The Labute approximate surface area is 113 Å². The number of aromatic hydroxyl groups is 1. The number of aromatic nitrogens is 1. The minimum Gasteiger partial charge on any atom is -0.507 e. The van der Waals surface area contributed by atoms with Crippen molar-refractivity contribution in [2.75, 3.05) is 7.11 Å². The fourth-order valence-electron chi connectivity index (χ4n) is 1.85. The topological polar surface area (TPSA) is 42.4 Å². The maximum absolute atomic E-state index is 12.6. The van der Waals surface area contributed by atoms with Crippen molar-refractivity contribution in [3.05, 3.63) is 41.6 Å². The highest BCUT2D eigenvalue weighted by Gasteiger charge is 2.31. The number of hydrogen-bond donors (Lipinski definition) is 1. The van der Waals surface area contributed by atoms with Gasteiger partial charge in [-0.25, -0.2) is 4.98 Å². The first-order chi connectivity index (χ1) is 9.32. The molecule has 0 bridgehead atoms. The fraction of sp³-hybridized carbons (Fsp3) is 0.214. The van der Waals surface area contributed by atoms with Crippen molar-refractivity contribution in [1.82, 2.24) is 4.98 Å². The lowest BCUT2D eigenvalue weighted by molar-refractivity contribution is -0.137. The van der Waals surface area contributed by atoms with Gasteiger partial charge < -0.3 is 9.84 Å². The first-order valence-electron chi connectivity index (χ1n) is 5.74. The van der Waals surface area contributed by atoms with Crippen LogP contribution in [0.15, 0.2) is 30.5 Å². The van der Waals surface area contributed by atoms with Gasteiger partial charge in [-0.05, 0) is 36.8 Å². The molecule has 0 atom stereocenters. The fourth-order valence-corrected chi connectivity index (χ4v) is 1.85. The average molecular weight is 283 g/mol. The normalized spacial score (nSPS) is 11.4. The number of aryl methyl sites for hydroxylation is 1. The molecule has 0 amide bonds. The second-order valence-electron chi connectivity index (χ2n) is 4.30. The zero-order chi connectivity index (χ0) is 14.9. The van der Waals surface area contributed by atoms with Crippen molar-refractivity contribution in [2.45, 2.75) is 13.1 Å². The summed E-state index contributed by atoms with van der Waals surface area (Å²) in [7, 11) is 1.41. The van der Waals surface area contributed by atoms with Crippen LogP contribution in [0.3, 0.4) is 0 Å². The average Bonchev–Trinajstić information content (AvgIpc) is 2.37. The molecule has 1 heterocycles. The van der Waals surface area contributed by atoms with E-state index in [-0.39, 0.29) is 11.4 Å². The Morgan fingerprint density at radius 1 is 1.15 bits per heavy atom. The molecular formula is C14H12F3NO2. The summed E-state index contributed by atoms with van der Waals surface area (Å²) >= 11 is 0. The first-order valence-corrected chi connectivity index (χ1v) is 5.74. The zero-order valence-electron chi connectivity index (χ0n) is 10.8. The quantitative estimate of drug-likeness (QED) is 0.911. The maximum atomic E-state index is 12.6. The Hall–Kier alpha value is -2.24. The van der Waals surface area contributed by atoms with E-state index in [9.17, 15) is 18.3 Å². The summed E-state index contributed by atoms with van der Waals surface area (Å²) in [5, 5.41) is 9.84. The Morgan fingerprint density at radius 2 is 1.85 bits per heavy atom. The van der Waals surface area contributed by atoms with Gasteiger partial charge in [-0.1, -0.05) is 0 Å². The Morgan fingerprint density at radius 3 is 2.40 bits per heavy atom. The van der Waals surface area contributed by atoms with Crippen LogP contribution in [0, 0.1) is 6.92 Å². The highest BCUT2D eigenvalue weighted by molar-refractivity contribution is 5.75. The summed E-state index contributed by atoms with van der Waals surface area (Å²) in [5.41, 5.74) is 0.586. The molecule has 2 aromatic rings. The zero-order valence-corrected chi connectivity index (χ0v) is 10.8. The van der Waals surface area contributed by atoms with Crippen LogP contribution < -0.4 is 4.74 Å². The molecule has 2 rings (SSSR count). The molecule has 1 N–H and O–H groups in total. The van der Waals surface area contributed by atoms with Gasteiger partial charge in [0, 0.05) is 17.3 Å². The van der Waals surface area contributed by atoms with Crippen LogP contribution in [0.1, 0.15) is 11.1 Å². The number of ether oxygens (including phenoxy) is 1. The molecule has 0 radical (unpaired) electrons. The molecule has 106 valence electrons. The number of halogens is 3. The van der Waals surface area contributed by atoms with E-state index in [1.165, 1.54) is 13.2 Å². The third-order valence-electron chi connectivity index (χ3n) is 2.80. The lowest BCUT2D eigenvalue weighted by Crippen LogP contribution is -2.04. The van der Waals surface area contributed by atoms with E-state index >= 15 is 0 Å². The van der Waals surface area contributed by atoms with E-state index in [2.05, 4.69) is 4.98 Å². The number of phenols is 1. The second-order valence-corrected chi connectivity index (χ2v) is 4.30. The van der Waals surface area contributed by atoms with Gasteiger partial charge in [0.05, 0.1) is 12.7 Å². The van der Waals surface area contributed by atoms with Crippen molar-refractivity contribution in [3.8, 4) is 22.8 Å². The molecule has 0 spiro atoms. The molecule has 0 fully saturated rings. The van der Waals surface area contributed by atoms with Gasteiger partial charge in [0.1, 0.15) is 5.75 Å². The number of nitrogens with zero attached hydrogens (tertiary/aromatic N) is 1. The SMILES string of the molecule is COc1ncc(C)cc1-c1ccc(C(F)(F)F)cc1O. The molecule has 20 heavy (non-hydrogen) atoms. The molecule has 0 saturated heterocycles. The molecule has 1 aromatic heterocycles. The molecule has 1 aromatic carbocycles. The summed E-state index contributed by atoms with van der Waals surface area (Å²) in [6.07, 6.45) is -2.92. The van der Waals surface area contributed by atoms with Gasteiger partial charge in [0.25, 0.3) is 0 Å². The molecule has 3 nitrogen and oxygen atoms in total. The molecule has 6 heteroatoms. The number of methoxy groups -OCH3 is 1. The monoisotopic (exact) mass is 283 g/mol. The van der Waals surface area contributed by atoms with Gasteiger partial charge in [0.15, 0.2) is 0 Å². The number of rotatable bonds is 2.